The molecule has 146 valence electrons. The normalized spacial score (nSPS) is 12.4. The van der Waals surface area contributed by atoms with Crippen molar-refractivity contribution in [2.75, 3.05) is 5.32 Å². The molecule has 0 saturated heterocycles. The maximum absolute atomic E-state index is 9.74. The second-order valence-electron chi connectivity index (χ2n) is 4.94. The van der Waals surface area contributed by atoms with Gasteiger partial charge in [-0.3, -0.25) is 5.73 Å². The van der Waals surface area contributed by atoms with E-state index in [-0.39, 0.29) is 5.48 Å². The number of carbonyl (C=O) groups excluding carboxylic acids is 1. The van der Waals surface area contributed by atoms with E-state index in [1.807, 2.05) is 60.7 Å². The summed E-state index contributed by atoms with van der Waals surface area (Å²) in [5.74, 6) is -3.32. The fourth-order valence-electron chi connectivity index (χ4n) is 1.65. The molecule has 2 aromatic carbocycles. The van der Waals surface area contributed by atoms with Crippen LogP contribution in [0.1, 0.15) is 0 Å². The number of aliphatic hydroxyl groups excluding tert-OH is 2. The van der Waals surface area contributed by atoms with E-state index < -0.39 is 24.1 Å². The number of aliphatic carboxylic acids is 2. The third kappa shape index (κ3) is 8.97. The lowest BCUT2D eigenvalue weighted by Gasteiger charge is -2.13. The topological polar surface area (TPSA) is 201 Å². The number of para-hydroxylation sites is 2. The predicted molar refractivity (Wildman–Crippen MR) is 94.6 cm³/mol. The van der Waals surface area contributed by atoms with Gasteiger partial charge < -0.3 is 30.7 Å². The lowest BCUT2D eigenvalue weighted by atomic mass is 10.2. The van der Waals surface area contributed by atoms with Crippen molar-refractivity contribution in [3.8, 4) is 0 Å². The minimum atomic E-state index is -2.38. The average Bonchev–Trinajstić information content (AvgIpc) is 2.62. The summed E-state index contributed by atoms with van der Waals surface area (Å²) in [5.41, 5.74) is 7.76. The molecule has 0 saturated carbocycles. The van der Waals surface area contributed by atoms with Crippen LogP contribution in [0.3, 0.4) is 0 Å². The third-order valence-electron chi connectivity index (χ3n) is 2.90. The summed E-state index contributed by atoms with van der Waals surface area (Å²) in [6, 6.07) is 19.6. The molecule has 0 aliphatic heterocycles. The minimum absolute atomic E-state index is 0. The number of nitrogens with two attached hydrogens (primary N) is 1. The van der Waals surface area contributed by atoms with Gasteiger partial charge in [0.2, 0.25) is 0 Å². The number of carbonyl (C=O) groups is 2. The van der Waals surface area contributed by atoms with Crippen LogP contribution >= 0.6 is 0 Å². The van der Waals surface area contributed by atoms with Crippen LogP contribution in [0, 0.1) is 0 Å². The molecule has 0 unspecified atom stereocenters. The number of guanidine groups is 1. The first kappa shape index (κ1) is 23.5. The van der Waals surface area contributed by atoms with Crippen LogP contribution in [-0.4, -0.2) is 50.9 Å². The molecule has 0 amide bonds. The largest absolute Gasteiger partial charge is 0.547 e. The minimum Gasteiger partial charge on any atom is -0.547 e. The van der Waals surface area contributed by atoms with E-state index >= 15 is 0 Å². The number of carboxylic acid groups (broad SMARTS) is 2. The molecule has 2 aromatic rings. The standard InChI is InChI=1S/C13H13N3.C4H6O6.H2O/c14-13(15-11-7-3-1-4-8-11)16-12-9-5-2-6-10-12;5-1(3(7)8)2(6)4(9)10;/h1-10H,(H3,14,15,16);1-2,5-6H,(H,7,8)(H,9,10);1H2/t;1-,2-;/m.1./s1. The van der Waals surface area contributed by atoms with E-state index in [2.05, 4.69) is 10.3 Å². The van der Waals surface area contributed by atoms with Gasteiger partial charge in [0.05, 0.1) is 17.3 Å². The van der Waals surface area contributed by atoms with Crippen LogP contribution in [0.25, 0.3) is 0 Å². The number of hydrogen-bond donors (Lipinski definition) is 6. The van der Waals surface area contributed by atoms with Gasteiger partial charge in [-0.2, -0.15) is 0 Å². The second kappa shape index (κ2) is 12.0. The van der Waals surface area contributed by atoms with Gasteiger partial charge in [0, 0.05) is 0 Å². The fraction of sp³-hybridized carbons (Fsp3) is 0.118. The summed E-state index contributed by atoms with van der Waals surface area (Å²) in [4.78, 5) is 22.5. The van der Waals surface area contributed by atoms with Crippen molar-refractivity contribution >= 4 is 29.3 Å². The summed E-state index contributed by atoms with van der Waals surface area (Å²) in [6.07, 6.45) is -4.71. The predicted octanol–water partition coefficient (Wildman–Crippen LogP) is -3.46. The maximum atomic E-state index is 9.74. The summed E-state index contributed by atoms with van der Waals surface area (Å²) < 4.78 is 0. The van der Waals surface area contributed by atoms with E-state index in [0.717, 1.165) is 11.4 Å². The molecule has 0 heterocycles. The summed E-state index contributed by atoms with van der Waals surface area (Å²) in [7, 11) is 0. The van der Waals surface area contributed by atoms with Gasteiger partial charge in [0.15, 0.2) is 6.10 Å². The van der Waals surface area contributed by atoms with Crippen LogP contribution in [0.15, 0.2) is 60.7 Å². The SMILES string of the molecule is NC(Nc1ccccc1)=[NH+]c1ccccc1.O.O=C([O-])[C@H](O)[C@@H](O)C(=O)O. The molecule has 0 aliphatic carbocycles. The van der Waals surface area contributed by atoms with Gasteiger partial charge in [-0.05, 0) is 24.3 Å². The van der Waals surface area contributed by atoms with Crippen LogP contribution in [0.4, 0.5) is 11.4 Å². The molecule has 0 bridgehead atoms. The Morgan fingerprint density at radius 3 is 1.85 bits per heavy atom. The van der Waals surface area contributed by atoms with Gasteiger partial charge in [-0.25, -0.2) is 15.1 Å². The van der Waals surface area contributed by atoms with Crippen molar-refractivity contribution in [2.24, 2.45) is 5.73 Å². The quantitative estimate of drug-likeness (QED) is 0.227. The highest BCUT2D eigenvalue weighted by Gasteiger charge is 2.23. The van der Waals surface area contributed by atoms with Gasteiger partial charge in [-0.1, -0.05) is 36.4 Å². The molecule has 0 fully saturated rings. The molecule has 10 heteroatoms. The van der Waals surface area contributed by atoms with Crippen molar-refractivity contribution in [3.63, 3.8) is 0 Å². The monoisotopic (exact) mass is 379 g/mol. The Hall–Kier alpha value is -3.47. The number of carboxylic acids is 2. The van der Waals surface area contributed by atoms with Gasteiger partial charge in [0.25, 0.3) is 0 Å². The highest BCUT2D eigenvalue weighted by Crippen LogP contribution is 2.03. The van der Waals surface area contributed by atoms with Crippen LogP contribution in [0.2, 0.25) is 0 Å². The van der Waals surface area contributed by atoms with Gasteiger partial charge in [-0.15, -0.1) is 0 Å². The third-order valence-corrected chi connectivity index (χ3v) is 2.90. The number of rotatable bonds is 5. The fourth-order valence-corrected chi connectivity index (χ4v) is 1.65. The number of benzene rings is 2. The Kier molecular flexibility index (Phi) is 10.4. The van der Waals surface area contributed by atoms with Crippen molar-refractivity contribution < 1.29 is 40.5 Å². The van der Waals surface area contributed by atoms with E-state index in [0.29, 0.717) is 5.96 Å². The van der Waals surface area contributed by atoms with Crippen molar-refractivity contribution in [2.45, 2.75) is 12.2 Å². The molecular weight excluding hydrogens is 358 g/mol. The van der Waals surface area contributed by atoms with E-state index in [4.69, 9.17) is 21.1 Å². The van der Waals surface area contributed by atoms with Crippen LogP contribution in [-0.2, 0) is 9.59 Å². The van der Waals surface area contributed by atoms with Gasteiger partial charge >= 0.3 is 11.9 Å². The van der Waals surface area contributed by atoms with E-state index in [1.54, 1.807) is 0 Å². The molecule has 0 aliphatic rings. The number of anilines is 1. The molecule has 0 aromatic heterocycles. The van der Waals surface area contributed by atoms with Crippen LogP contribution in [0.5, 0.6) is 0 Å². The highest BCUT2D eigenvalue weighted by atomic mass is 16.4. The number of hydrogen-bond acceptors (Lipinski definition) is 5. The van der Waals surface area contributed by atoms with Crippen molar-refractivity contribution in [1.29, 1.82) is 0 Å². The summed E-state index contributed by atoms with van der Waals surface area (Å²) in [5, 5.41) is 37.2. The second-order valence-corrected chi connectivity index (χ2v) is 4.94. The molecule has 2 atom stereocenters. The lowest BCUT2D eigenvalue weighted by Crippen LogP contribution is -2.71. The Labute approximate surface area is 154 Å². The molecule has 27 heavy (non-hydrogen) atoms. The maximum Gasteiger partial charge on any atom is 0.350 e. The molecule has 2 rings (SSSR count). The van der Waals surface area contributed by atoms with Gasteiger partial charge in [0.1, 0.15) is 6.10 Å². The zero-order valence-corrected chi connectivity index (χ0v) is 14.1. The Morgan fingerprint density at radius 1 is 0.963 bits per heavy atom. The number of nitrogens with one attached hydrogen (secondary N) is 2. The zero-order valence-electron chi connectivity index (χ0n) is 14.1. The van der Waals surface area contributed by atoms with E-state index in [9.17, 15) is 14.7 Å². The smallest absolute Gasteiger partial charge is 0.350 e. The first-order valence-electron chi connectivity index (χ1n) is 7.37. The molecule has 9 N–H and O–H groups in total. The van der Waals surface area contributed by atoms with Crippen molar-refractivity contribution in [1.82, 2.24) is 0 Å². The first-order valence-corrected chi connectivity index (χ1v) is 7.37. The lowest BCUT2D eigenvalue weighted by molar-refractivity contribution is -0.354. The molecule has 0 radical (unpaired) electrons. The van der Waals surface area contributed by atoms with E-state index in [1.165, 1.54) is 0 Å². The van der Waals surface area contributed by atoms with Crippen molar-refractivity contribution in [3.05, 3.63) is 60.7 Å². The Balaban J connectivity index is 0.000000539. The first-order chi connectivity index (χ1) is 12.3. The number of aliphatic hydroxyl groups is 2. The van der Waals surface area contributed by atoms with Crippen LogP contribution < -0.4 is 21.1 Å². The average molecular weight is 379 g/mol. The zero-order chi connectivity index (χ0) is 19.5. The highest BCUT2D eigenvalue weighted by molar-refractivity contribution is 5.88. The molecule has 10 nitrogen and oxygen atoms in total. The molecule has 0 spiro atoms. The summed E-state index contributed by atoms with van der Waals surface area (Å²) in [6.45, 7) is 0. The Bertz CT molecular complexity index is 721. The summed E-state index contributed by atoms with van der Waals surface area (Å²) >= 11 is 0. The molecular formula is C17H21N3O7. The Morgan fingerprint density at radius 2 is 1.44 bits per heavy atom.